The predicted octanol–water partition coefficient (Wildman–Crippen LogP) is 2.59. The summed E-state index contributed by atoms with van der Waals surface area (Å²) in [6.07, 6.45) is 1.71. The van der Waals surface area contributed by atoms with Crippen molar-refractivity contribution in [3.05, 3.63) is 34.1 Å². The predicted molar refractivity (Wildman–Crippen MR) is 66.1 cm³/mol. The smallest absolute Gasteiger partial charge is 0.181 e. The second-order valence-corrected chi connectivity index (χ2v) is 4.34. The summed E-state index contributed by atoms with van der Waals surface area (Å²) in [6.45, 7) is 0. The minimum Gasteiger partial charge on any atom is -0.383 e. The monoisotopic (exact) mass is 289 g/mol. The van der Waals surface area contributed by atoms with Crippen LogP contribution in [0.3, 0.4) is 0 Å². The van der Waals surface area contributed by atoms with Gasteiger partial charge in [-0.25, -0.2) is 9.38 Å². The normalized spacial score (nSPS) is 11.5. The first-order chi connectivity index (χ1) is 7.04. The average molecular weight is 290 g/mol. The zero-order valence-corrected chi connectivity index (χ0v) is 10.3. The van der Waals surface area contributed by atoms with E-state index in [-0.39, 0.29) is 16.6 Å². The van der Waals surface area contributed by atoms with Crippen molar-refractivity contribution in [1.82, 2.24) is 0 Å². The molecule has 80 valence electrons. The third-order valence-electron chi connectivity index (χ3n) is 1.62. The summed E-state index contributed by atoms with van der Waals surface area (Å²) >= 11 is 4.28. The van der Waals surface area contributed by atoms with Crippen LogP contribution in [0.5, 0.6) is 0 Å². The van der Waals surface area contributed by atoms with E-state index in [2.05, 4.69) is 20.9 Å². The molecular weight excluding hydrogens is 281 g/mol. The van der Waals surface area contributed by atoms with Crippen LogP contribution < -0.4 is 5.73 Å². The summed E-state index contributed by atoms with van der Waals surface area (Å²) in [5.74, 6) is -0.445. The molecule has 0 aliphatic rings. The number of nitrogens with zero attached hydrogens (tertiary/aromatic N) is 1. The zero-order chi connectivity index (χ0) is 11.4. The lowest BCUT2D eigenvalue weighted by molar-refractivity contribution is 0.624. The summed E-state index contributed by atoms with van der Waals surface area (Å²) in [6, 6.07) is 4.50. The molecule has 15 heavy (non-hydrogen) atoms. The number of hydrogen-bond acceptors (Lipinski definition) is 2. The number of halogens is 2. The van der Waals surface area contributed by atoms with Crippen LogP contribution in [0.25, 0.3) is 0 Å². The van der Waals surface area contributed by atoms with Crippen molar-refractivity contribution in [2.45, 2.75) is 0 Å². The van der Waals surface area contributed by atoms with Gasteiger partial charge < -0.3 is 5.73 Å². The van der Waals surface area contributed by atoms with E-state index in [0.29, 0.717) is 4.47 Å². The molecule has 1 rings (SSSR count). The van der Waals surface area contributed by atoms with Gasteiger partial charge in [-0.05, 0) is 24.5 Å². The standard InChI is InChI=1S/C9H9BrFN3S/c1-15-9(13)14-8(12)6-3-2-5(10)4-7(6)11/h2-4H,1H3,(H3,12,13,14). The van der Waals surface area contributed by atoms with Crippen molar-refractivity contribution in [2.24, 2.45) is 10.7 Å². The Bertz CT molecular complexity index is 420. The highest BCUT2D eigenvalue weighted by Gasteiger charge is 2.07. The number of rotatable bonds is 1. The Morgan fingerprint density at radius 1 is 1.60 bits per heavy atom. The van der Waals surface area contributed by atoms with Crippen LogP contribution in [-0.4, -0.2) is 17.3 Å². The van der Waals surface area contributed by atoms with E-state index in [9.17, 15) is 4.39 Å². The SMILES string of the molecule is CSC(=N)N=C(N)c1ccc(Br)cc1F. The van der Waals surface area contributed by atoms with E-state index in [4.69, 9.17) is 11.1 Å². The lowest BCUT2D eigenvalue weighted by Crippen LogP contribution is -2.16. The fourth-order valence-corrected chi connectivity index (χ4v) is 1.44. The van der Waals surface area contributed by atoms with E-state index < -0.39 is 5.82 Å². The maximum atomic E-state index is 13.4. The number of nitrogens with two attached hydrogens (primary N) is 1. The van der Waals surface area contributed by atoms with Crippen LogP contribution in [0, 0.1) is 11.2 Å². The first-order valence-corrected chi connectivity index (χ1v) is 5.98. The van der Waals surface area contributed by atoms with E-state index in [1.165, 1.54) is 12.1 Å². The molecule has 0 bridgehead atoms. The Morgan fingerprint density at radius 2 is 2.27 bits per heavy atom. The molecule has 0 heterocycles. The Morgan fingerprint density at radius 3 is 2.80 bits per heavy atom. The van der Waals surface area contributed by atoms with Crippen LogP contribution in [0.4, 0.5) is 4.39 Å². The molecule has 0 aliphatic heterocycles. The van der Waals surface area contributed by atoms with Crippen molar-refractivity contribution in [2.75, 3.05) is 6.26 Å². The molecule has 1 aromatic rings. The third kappa shape index (κ3) is 3.32. The van der Waals surface area contributed by atoms with Gasteiger partial charge in [-0.15, -0.1) is 0 Å². The zero-order valence-electron chi connectivity index (χ0n) is 7.92. The summed E-state index contributed by atoms with van der Waals surface area (Å²) in [5, 5.41) is 7.34. The maximum absolute atomic E-state index is 13.4. The molecular formula is C9H9BrFN3S. The molecule has 0 aromatic heterocycles. The van der Waals surface area contributed by atoms with Crippen molar-refractivity contribution in [1.29, 1.82) is 5.41 Å². The highest BCUT2D eigenvalue weighted by atomic mass is 79.9. The van der Waals surface area contributed by atoms with Gasteiger partial charge in [-0.3, -0.25) is 5.41 Å². The van der Waals surface area contributed by atoms with Gasteiger partial charge in [0.15, 0.2) is 5.17 Å². The number of hydrogen-bond donors (Lipinski definition) is 2. The van der Waals surface area contributed by atoms with Crippen LogP contribution >= 0.6 is 27.7 Å². The highest BCUT2D eigenvalue weighted by Crippen LogP contribution is 2.15. The van der Waals surface area contributed by atoms with Gasteiger partial charge in [0, 0.05) is 4.47 Å². The topological polar surface area (TPSA) is 62.2 Å². The Labute approximate surface area is 99.6 Å². The van der Waals surface area contributed by atoms with Crippen LogP contribution in [0.1, 0.15) is 5.56 Å². The number of benzene rings is 1. The lowest BCUT2D eigenvalue weighted by Gasteiger charge is -2.02. The van der Waals surface area contributed by atoms with E-state index in [1.54, 1.807) is 12.3 Å². The van der Waals surface area contributed by atoms with Gasteiger partial charge in [0.25, 0.3) is 0 Å². The Balaban J connectivity index is 3.06. The Hall–Kier alpha value is -0.880. The quantitative estimate of drug-likeness (QED) is 0.617. The molecule has 0 saturated heterocycles. The average Bonchev–Trinajstić information content (AvgIpc) is 2.17. The number of nitrogens with one attached hydrogen (secondary N) is 1. The second-order valence-electron chi connectivity index (χ2n) is 2.63. The molecule has 0 saturated carbocycles. The minimum atomic E-state index is -0.459. The molecule has 0 radical (unpaired) electrons. The van der Waals surface area contributed by atoms with Gasteiger partial charge in [-0.2, -0.15) is 0 Å². The summed E-state index contributed by atoms with van der Waals surface area (Å²) in [4.78, 5) is 3.74. The molecule has 0 spiro atoms. The van der Waals surface area contributed by atoms with Crippen molar-refractivity contribution in [3.63, 3.8) is 0 Å². The largest absolute Gasteiger partial charge is 0.383 e. The van der Waals surface area contributed by atoms with Crippen LogP contribution in [0.2, 0.25) is 0 Å². The first-order valence-electron chi connectivity index (χ1n) is 3.96. The van der Waals surface area contributed by atoms with Crippen molar-refractivity contribution >= 4 is 38.7 Å². The molecule has 0 amide bonds. The van der Waals surface area contributed by atoms with Gasteiger partial charge in [-0.1, -0.05) is 27.7 Å². The molecule has 0 unspecified atom stereocenters. The summed E-state index contributed by atoms with van der Waals surface area (Å²) in [7, 11) is 0. The van der Waals surface area contributed by atoms with Gasteiger partial charge in [0.1, 0.15) is 11.7 Å². The Kier molecular flexibility index (Phi) is 4.28. The minimum absolute atomic E-state index is 0.0133. The van der Waals surface area contributed by atoms with Gasteiger partial charge >= 0.3 is 0 Å². The molecule has 0 fully saturated rings. The molecule has 0 atom stereocenters. The number of aliphatic imine (C=N–C) groups is 1. The van der Waals surface area contributed by atoms with Gasteiger partial charge in [0.2, 0.25) is 0 Å². The fourth-order valence-electron chi connectivity index (χ4n) is 0.912. The van der Waals surface area contributed by atoms with Crippen molar-refractivity contribution in [3.8, 4) is 0 Å². The lowest BCUT2D eigenvalue weighted by atomic mass is 10.2. The highest BCUT2D eigenvalue weighted by molar-refractivity contribution is 9.10. The molecule has 0 aliphatic carbocycles. The summed E-state index contributed by atoms with van der Waals surface area (Å²) < 4.78 is 14.0. The number of amidine groups is 2. The summed E-state index contributed by atoms with van der Waals surface area (Å²) in [5.41, 5.74) is 5.77. The number of thioether (sulfide) groups is 1. The molecule has 1 aromatic carbocycles. The fraction of sp³-hybridized carbons (Fsp3) is 0.111. The van der Waals surface area contributed by atoms with E-state index in [0.717, 1.165) is 11.8 Å². The van der Waals surface area contributed by atoms with Crippen LogP contribution in [-0.2, 0) is 0 Å². The third-order valence-corrected chi connectivity index (χ3v) is 2.59. The maximum Gasteiger partial charge on any atom is 0.181 e. The van der Waals surface area contributed by atoms with Gasteiger partial charge in [0.05, 0.1) is 5.56 Å². The van der Waals surface area contributed by atoms with E-state index in [1.807, 2.05) is 0 Å². The molecule has 3 nitrogen and oxygen atoms in total. The van der Waals surface area contributed by atoms with Crippen LogP contribution in [0.15, 0.2) is 27.7 Å². The second kappa shape index (κ2) is 5.27. The first kappa shape index (κ1) is 12.2. The van der Waals surface area contributed by atoms with Crippen molar-refractivity contribution < 1.29 is 4.39 Å². The molecule has 3 N–H and O–H groups in total. The molecule has 6 heteroatoms. The van der Waals surface area contributed by atoms with E-state index >= 15 is 0 Å².